The number of hydrogen-bond donors (Lipinski definition) is 2. The number of nitrogens with zero attached hydrogens (tertiary/aromatic N) is 1. The zero-order chi connectivity index (χ0) is 23.1. The van der Waals surface area contributed by atoms with Gasteiger partial charge >= 0.3 is 0 Å². The average molecular weight is 440 g/mol. The van der Waals surface area contributed by atoms with Crippen LogP contribution in [0.2, 0.25) is 0 Å². The summed E-state index contributed by atoms with van der Waals surface area (Å²) in [5.74, 6) is -3.29. The normalized spacial score (nSPS) is 27.7. The predicted molar refractivity (Wildman–Crippen MR) is 118 cm³/mol. The van der Waals surface area contributed by atoms with E-state index in [9.17, 15) is 24.8 Å². The number of Topliss-reactive ketones (excluding diaryl/α,β-unsaturated/α-hetero) is 1. The SMILES string of the molecule is CC(=O)C12c3ccccc3C(c3ccccc31)[C@H]1C(=O)N(c3ccccc3[NH+]([O-])O)C(=O)[C@H]12. The van der Waals surface area contributed by atoms with E-state index >= 15 is 0 Å². The molecular formula is C26H20N2O5. The maximum atomic E-state index is 14.0. The van der Waals surface area contributed by atoms with Gasteiger partial charge < -0.3 is 5.21 Å². The number of hydrogen-bond acceptors (Lipinski definition) is 5. The van der Waals surface area contributed by atoms with E-state index in [0.717, 1.165) is 27.2 Å². The fraction of sp³-hybridized carbons (Fsp3) is 0.192. The lowest BCUT2D eigenvalue weighted by molar-refractivity contribution is -0.990. The predicted octanol–water partition coefficient (Wildman–Crippen LogP) is 2.23. The third-order valence-corrected chi connectivity index (χ3v) is 7.55. The van der Waals surface area contributed by atoms with Gasteiger partial charge in [-0.2, -0.15) is 5.23 Å². The number of carbonyl (C=O) groups is 3. The molecule has 3 atom stereocenters. The van der Waals surface area contributed by atoms with Crippen molar-refractivity contribution in [2.45, 2.75) is 18.3 Å². The lowest BCUT2D eigenvalue weighted by atomic mass is 9.46. The van der Waals surface area contributed by atoms with Crippen LogP contribution in [0.3, 0.4) is 0 Å². The summed E-state index contributed by atoms with van der Waals surface area (Å²) in [7, 11) is 0. The van der Waals surface area contributed by atoms with E-state index < -0.39 is 34.3 Å². The number of nitrogens with one attached hydrogen (secondary N) is 1. The molecule has 1 unspecified atom stereocenters. The Morgan fingerprint density at radius 1 is 0.909 bits per heavy atom. The number of rotatable bonds is 3. The molecule has 0 aromatic heterocycles. The van der Waals surface area contributed by atoms with Crippen LogP contribution in [0, 0.1) is 17.0 Å². The number of amides is 2. The molecule has 1 saturated heterocycles. The summed E-state index contributed by atoms with van der Waals surface area (Å²) in [5.41, 5.74) is 1.89. The Morgan fingerprint density at radius 3 is 2.03 bits per heavy atom. The summed E-state index contributed by atoms with van der Waals surface area (Å²) in [6.45, 7) is 1.47. The Bertz CT molecular complexity index is 1320. The van der Waals surface area contributed by atoms with Crippen molar-refractivity contribution in [2.75, 3.05) is 4.90 Å². The van der Waals surface area contributed by atoms with E-state index in [1.165, 1.54) is 19.1 Å². The van der Waals surface area contributed by atoms with Gasteiger partial charge in [0.1, 0.15) is 11.5 Å². The van der Waals surface area contributed by atoms with Gasteiger partial charge in [0, 0.05) is 12.0 Å². The first-order chi connectivity index (χ1) is 15.9. The molecule has 7 heteroatoms. The molecule has 2 N–H and O–H groups in total. The Labute approximate surface area is 189 Å². The summed E-state index contributed by atoms with van der Waals surface area (Å²) >= 11 is 0. The highest BCUT2D eigenvalue weighted by Gasteiger charge is 2.70. The lowest BCUT2D eigenvalue weighted by Crippen LogP contribution is -2.99. The second kappa shape index (κ2) is 6.68. The number of benzene rings is 3. The molecule has 33 heavy (non-hydrogen) atoms. The topological polar surface area (TPSA) is 102 Å². The summed E-state index contributed by atoms with van der Waals surface area (Å²) in [4.78, 5) is 42.4. The van der Waals surface area contributed by atoms with Crippen molar-refractivity contribution < 1.29 is 24.8 Å². The molecule has 0 spiro atoms. The molecule has 0 radical (unpaired) electrons. The number of carbonyl (C=O) groups excluding carboxylic acids is 3. The van der Waals surface area contributed by atoms with Gasteiger partial charge in [0.05, 0.1) is 17.3 Å². The van der Waals surface area contributed by atoms with Crippen molar-refractivity contribution in [3.05, 3.63) is 100 Å². The summed E-state index contributed by atoms with van der Waals surface area (Å²) in [6, 6.07) is 21.1. The van der Waals surface area contributed by atoms with Crippen molar-refractivity contribution in [3.63, 3.8) is 0 Å². The first-order valence-electron chi connectivity index (χ1n) is 10.8. The highest BCUT2D eigenvalue weighted by molar-refractivity contribution is 6.26. The molecule has 7 nitrogen and oxygen atoms in total. The molecule has 0 saturated carbocycles. The van der Waals surface area contributed by atoms with Gasteiger partial charge in [0.25, 0.3) is 0 Å². The standard InChI is InChI=1S/C26H20N2O5/c1-14(29)26-17-10-4-2-8-15(17)21(16-9-3-5-11-18(16)26)22-23(26)25(31)27(24(22)30)19-12-6-7-13-20(19)28(32)33/h2-13,21-23,28,32H,1H3/t21?,22-,23+,26?/m1/s1. The van der Waals surface area contributed by atoms with Crippen LogP contribution in [0.25, 0.3) is 0 Å². The third kappa shape index (κ3) is 2.26. The highest BCUT2D eigenvalue weighted by Crippen LogP contribution is 2.64. The molecular weight excluding hydrogens is 420 g/mol. The summed E-state index contributed by atoms with van der Waals surface area (Å²) in [6.07, 6.45) is 0. The number of anilines is 1. The summed E-state index contributed by atoms with van der Waals surface area (Å²) < 4.78 is 0. The van der Waals surface area contributed by atoms with Crippen LogP contribution >= 0.6 is 0 Å². The molecule has 164 valence electrons. The number of imide groups is 1. The third-order valence-electron chi connectivity index (χ3n) is 7.55. The molecule has 3 aliphatic carbocycles. The van der Waals surface area contributed by atoms with Crippen molar-refractivity contribution in [1.82, 2.24) is 0 Å². The highest BCUT2D eigenvalue weighted by atomic mass is 16.8. The maximum Gasteiger partial charge on any atom is 0.239 e. The fourth-order valence-corrected chi connectivity index (χ4v) is 6.46. The molecule has 1 heterocycles. The maximum absolute atomic E-state index is 14.0. The van der Waals surface area contributed by atoms with Gasteiger partial charge in [-0.05, 0) is 35.2 Å². The van der Waals surface area contributed by atoms with Crippen LogP contribution in [0.15, 0.2) is 72.8 Å². The van der Waals surface area contributed by atoms with E-state index in [1.54, 1.807) is 12.1 Å². The van der Waals surface area contributed by atoms with Crippen molar-refractivity contribution in [1.29, 1.82) is 0 Å². The van der Waals surface area contributed by atoms with Crippen molar-refractivity contribution in [2.24, 2.45) is 11.8 Å². The second-order valence-corrected chi connectivity index (χ2v) is 8.85. The van der Waals surface area contributed by atoms with Crippen LogP contribution in [-0.2, 0) is 19.8 Å². The molecule has 2 bridgehead atoms. The number of quaternary nitrogens is 1. The lowest BCUT2D eigenvalue weighted by Gasteiger charge is -2.52. The minimum absolute atomic E-state index is 0.0422. The van der Waals surface area contributed by atoms with Crippen molar-refractivity contribution in [3.8, 4) is 0 Å². The van der Waals surface area contributed by atoms with E-state index in [4.69, 9.17) is 0 Å². The van der Waals surface area contributed by atoms with Gasteiger partial charge in [-0.3, -0.25) is 14.4 Å². The second-order valence-electron chi connectivity index (χ2n) is 8.85. The van der Waals surface area contributed by atoms with Crippen molar-refractivity contribution >= 4 is 29.0 Å². The quantitative estimate of drug-likeness (QED) is 0.480. The van der Waals surface area contributed by atoms with E-state index in [2.05, 4.69) is 0 Å². The van der Waals surface area contributed by atoms with Gasteiger partial charge in [0.15, 0.2) is 5.69 Å². The molecule has 4 aliphatic rings. The first kappa shape index (κ1) is 20.0. The Hall–Kier alpha value is -3.65. The minimum Gasteiger partial charge on any atom is -0.595 e. The fourth-order valence-electron chi connectivity index (χ4n) is 6.46. The first-order valence-corrected chi connectivity index (χ1v) is 10.8. The molecule has 1 fully saturated rings. The van der Waals surface area contributed by atoms with Crippen LogP contribution in [-0.4, -0.2) is 22.8 Å². The Balaban J connectivity index is 1.66. The molecule has 2 amide bonds. The van der Waals surface area contributed by atoms with Gasteiger partial charge in [-0.25, -0.2) is 10.1 Å². The van der Waals surface area contributed by atoms with E-state index in [-0.39, 0.29) is 23.1 Å². The minimum atomic E-state index is -1.30. The van der Waals surface area contributed by atoms with Gasteiger partial charge in [-0.15, -0.1) is 0 Å². The zero-order valence-corrected chi connectivity index (χ0v) is 17.7. The summed E-state index contributed by atoms with van der Waals surface area (Å²) in [5, 5.41) is 20.3. The molecule has 7 rings (SSSR count). The van der Waals surface area contributed by atoms with Crippen LogP contribution in [0.1, 0.15) is 35.1 Å². The van der Waals surface area contributed by atoms with Gasteiger partial charge in [0.2, 0.25) is 11.8 Å². The molecule has 1 aliphatic heterocycles. The largest absolute Gasteiger partial charge is 0.595 e. The molecule has 3 aromatic rings. The Morgan fingerprint density at radius 2 is 1.45 bits per heavy atom. The Kier molecular flexibility index (Phi) is 4.05. The molecule has 3 aromatic carbocycles. The van der Waals surface area contributed by atoms with E-state index in [0.29, 0.717) is 0 Å². The zero-order valence-electron chi connectivity index (χ0n) is 17.7. The van der Waals surface area contributed by atoms with Crippen LogP contribution < -0.4 is 10.1 Å². The van der Waals surface area contributed by atoms with Crippen LogP contribution in [0.5, 0.6) is 0 Å². The average Bonchev–Trinajstić information content (AvgIpc) is 3.09. The smallest absolute Gasteiger partial charge is 0.239 e. The number of para-hydroxylation sites is 2. The van der Waals surface area contributed by atoms with Gasteiger partial charge in [-0.1, -0.05) is 60.7 Å². The van der Waals surface area contributed by atoms with E-state index in [1.807, 2.05) is 48.5 Å². The monoisotopic (exact) mass is 440 g/mol. The van der Waals surface area contributed by atoms with Crippen LogP contribution in [0.4, 0.5) is 11.4 Å². The number of ketones is 1.